The molecule has 31 heavy (non-hydrogen) atoms. The van der Waals surface area contributed by atoms with Gasteiger partial charge in [0, 0.05) is 10.9 Å². The highest BCUT2D eigenvalue weighted by molar-refractivity contribution is 7.14. The normalized spacial score (nSPS) is 11.7. The molecule has 0 bridgehead atoms. The monoisotopic (exact) mass is 442 g/mol. The number of aromatic nitrogens is 1. The second-order valence-electron chi connectivity index (χ2n) is 6.30. The maximum absolute atomic E-state index is 12.2. The second-order valence-corrected chi connectivity index (χ2v) is 7.16. The molecule has 0 aliphatic carbocycles. The molecule has 2 aromatic carbocycles. The van der Waals surface area contributed by atoms with Crippen LogP contribution < -0.4 is 24.3 Å². The summed E-state index contributed by atoms with van der Waals surface area (Å²) in [6, 6.07) is 10.1. The van der Waals surface area contributed by atoms with Crippen molar-refractivity contribution in [1.82, 2.24) is 4.98 Å². The summed E-state index contributed by atoms with van der Waals surface area (Å²) in [6.07, 6.45) is 0. The number of methoxy groups -OCH3 is 2. The van der Waals surface area contributed by atoms with E-state index < -0.39 is 18.5 Å². The predicted molar refractivity (Wildman–Crippen MR) is 112 cm³/mol. The van der Waals surface area contributed by atoms with E-state index in [0.717, 1.165) is 5.56 Å². The quantitative estimate of drug-likeness (QED) is 0.556. The predicted octanol–water partition coefficient (Wildman–Crippen LogP) is 3.35. The van der Waals surface area contributed by atoms with E-state index in [-0.39, 0.29) is 12.4 Å². The van der Waals surface area contributed by atoms with Crippen LogP contribution in [0.15, 0.2) is 41.8 Å². The van der Waals surface area contributed by atoms with Crippen LogP contribution in [0, 0.1) is 0 Å². The van der Waals surface area contributed by atoms with E-state index in [0.29, 0.717) is 33.8 Å². The minimum atomic E-state index is -0.640. The van der Waals surface area contributed by atoms with E-state index >= 15 is 0 Å². The summed E-state index contributed by atoms with van der Waals surface area (Å²) in [4.78, 5) is 28.7. The molecule has 0 saturated heterocycles. The third kappa shape index (κ3) is 4.53. The van der Waals surface area contributed by atoms with E-state index in [4.69, 9.17) is 23.7 Å². The van der Waals surface area contributed by atoms with E-state index in [2.05, 4.69) is 10.3 Å². The van der Waals surface area contributed by atoms with Gasteiger partial charge in [0.25, 0.3) is 5.91 Å². The first-order valence-electron chi connectivity index (χ1n) is 9.12. The van der Waals surface area contributed by atoms with E-state index in [1.165, 1.54) is 17.4 Å². The molecule has 0 fully saturated rings. The van der Waals surface area contributed by atoms with Crippen LogP contribution in [0.4, 0.5) is 5.13 Å². The summed E-state index contributed by atoms with van der Waals surface area (Å²) in [5, 5.41) is 4.81. The zero-order valence-electron chi connectivity index (χ0n) is 16.7. The molecule has 2 heterocycles. The maximum atomic E-state index is 12.2. The molecule has 9 nitrogen and oxygen atoms in total. The molecule has 1 aromatic heterocycles. The molecule has 3 aromatic rings. The van der Waals surface area contributed by atoms with E-state index in [1.807, 2.05) is 6.07 Å². The number of hydrogen-bond donors (Lipinski definition) is 1. The molecule has 160 valence electrons. The molecule has 1 N–H and O–H groups in total. The topological polar surface area (TPSA) is 105 Å². The Kier molecular flexibility index (Phi) is 5.89. The van der Waals surface area contributed by atoms with Crippen molar-refractivity contribution in [2.75, 3.05) is 32.9 Å². The van der Waals surface area contributed by atoms with Gasteiger partial charge < -0.3 is 23.7 Å². The number of hydrogen-bond acceptors (Lipinski definition) is 9. The van der Waals surface area contributed by atoms with Crippen molar-refractivity contribution in [2.24, 2.45) is 0 Å². The lowest BCUT2D eigenvalue weighted by atomic mass is 10.1. The first-order chi connectivity index (χ1) is 15.1. The van der Waals surface area contributed by atoms with Gasteiger partial charge in [0.2, 0.25) is 6.79 Å². The smallest absolute Gasteiger partial charge is 0.338 e. The molecule has 1 amide bonds. The fourth-order valence-corrected chi connectivity index (χ4v) is 3.59. The average molecular weight is 442 g/mol. The van der Waals surface area contributed by atoms with Gasteiger partial charge >= 0.3 is 5.97 Å². The highest BCUT2D eigenvalue weighted by Crippen LogP contribution is 2.34. The number of nitrogens with zero attached hydrogens (tertiary/aromatic N) is 1. The van der Waals surface area contributed by atoms with Gasteiger partial charge in [-0.1, -0.05) is 0 Å². The van der Waals surface area contributed by atoms with Gasteiger partial charge in [-0.25, -0.2) is 9.78 Å². The highest BCUT2D eigenvalue weighted by atomic mass is 32.1. The Balaban J connectivity index is 1.34. The lowest BCUT2D eigenvalue weighted by molar-refractivity contribution is -0.119. The van der Waals surface area contributed by atoms with Gasteiger partial charge in [0.1, 0.15) is 0 Å². The number of thiazole rings is 1. The van der Waals surface area contributed by atoms with Crippen molar-refractivity contribution in [1.29, 1.82) is 0 Å². The second kappa shape index (κ2) is 8.92. The zero-order chi connectivity index (χ0) is 21.8. The third-order valence-corrected chi connectivity index (χ3v) is 5.13. The molecular weight excluding hydrogens is 424 g/mol. The number of carbonyl (C=O) groups excluding carboxylic acids is 2. The maximum Gasteiger partial charge on any atom is 0.338 e. The van der Waals surface area contributed by atoms with Crippen LogP contribution in [0.3, 0.4) is 0 Å². The molecular formula is C21H18N2O7S. The first kappa shape index (κ1) is 20.5. The minimum Gasteiger partial charge on any atom is -0.493 e. The number of nitrogens with one attached hydrogen (secondary N) is 1. The minimum absolute atomic E-state index is 0.106. The fraction of sp³-hybridized carbons (Fsp3) is 0.190. The molecule has 4 rings (SSSR count). The van der Waals surface area contributed by atoms with Gasteiger partial charge in [-0.05, 0) is 36.4 Å². The number of fused-ring (bicyclic) bond motifs is 1. The molecule has 0 atom stereocenters. The number of carbonyl (C=O) groups is 2. The standard InChI is InChI=1S/C21H18N2O7S/c1-26-15-5-3-12(7-17(15)27-2)14-10-31-21(22-14)23-19(24)9-28-20(25)13-4-6-16-18(8-13)30-11-29-16/h3-8,10H,9,11H2,1-2H3,(H,22,23,24). The fourth-order valence-electron chi connectivity index (χ4n) is 2.85. The van der Waals surface area contributed by atoms with Gasteiger partial charge in [0.05, 0.1) is 25.5 Å². The van der Waals surface area contributed by atoms with Crippen LogP contribution in [0.2, 0.25) is 0 Å². The molecule has 1 aliphatic rings. The summed E-state index contributed by atoms with van der Waals surface area (Å²) in [6.45, 7) is -0.339. The summed E-state index contributed by atoms with van der Waals surface area (Å²) in [5.74, 6) is 1.07. The van der Waals surface area contributed by atoms with Crippen LogP contribution >= 0.6 is 11.3 Å². The Hall–Kier alpha value is -3.79. The van der Waals surface area contributed by atoms with Crippen LogP contribution in [0.25, 0.3) is 11.3 Å². The SMILES string of the molecule is COc1ccc(-c2csc(NC(=O)COC(=O)c3ccc4c(c3)OCO4)n2)cc1OC. The number of esters is 1. The summed E-state index contributed by atoms with van der Waals surface area (Å²) < 4.78 is 26.0. The number of amides is 1. The van der Waals surface area contributed by atoms with Crippen molar-refractivity contribution in [2.45, 2.75) is 0 Å². The molecule has 0 saturated carbocycles. The highest BCUT2D eigenvalue weighted by Gasteiger charge is 2.18. The first-order valence-corrected chi connectivity index (χ1v) is 10.00. The van der Waals surface area contributed by atoms with Crippen molar-refractivity contribution in [3.05, 3.63) is 47.3 Å². The lowest BCUT2D eigenvalue weighted by Gasteiger charge is -2.08. The van der Waals surface area contributed by atoms with E-state index in [1.54, 1.807) is 43.9 Å². The van der Waals surface area contributed by atoms with Crippen molar-refractivity contribution < 1.29 is 33.3 Å². The van der Waals surface area contributed by atoms with E-state index in [9.17, 15) is 9.59 Å². The van der Waals surface area contributed by atoms with Crippen LogP contribution in [-0.4, -0.2) is 44.5 Å². The Morgan fingerprint density at radius 3 is 2.68 bits per heavy atom. The molecule has 1 aliphatic heterocycles. The molecule has 10 heteroatoms. The van der Waals surface area contributed by atoms with Crippen LogP contribution in [0.1, 0.15) is 10.4 Å². The molecule has 0 unspecified atom stereocenters. The number of anilines is 1. The summed E-state index contributed by atoms with van der Waals surface area (Å²) >= 11 is 1.25. The number of benzene rings is 2. The van der Waals surface area contributed by atoms with Crippen molar-refractivity contribution in [3.63, 3.8) is 0 Å². The Morgan fingerprint density at radius 2 is 1.87 bits per heavy atom. The molecule has 0 radical (unpaired) electrons. The molecule has 0 spiro atoms. The summed E-state index contributed by atoms with van der Waals surface area (Å²) in [5.41, 5.74) is 1.74. The largest absolute Gasteiger partial charge is 0.493 e. The number of ether oxygens (including phenoxy) is 5. The number of rotatable bonds is 7. The zero-order valence-corrected chi connectivity index (χ0v) is 17.5. The Labute approximate surface area is 181 Å². The van der Waals surface area contributed by atoms with Gasteiger partial charge in [-0.2, -0.15) is 0 Å². The summed E-state index contributed by atoms with van der Waals surface area (Å²) in [7, 11) is 3.12. The van der Waals surface area contributed by atoms with Crippen molar-refractivity contribution >= 4 is 28.3 Å². The van der Waals surface area contributed by atoms with Gasteiger partial charge in [-0.3, -0.25) is 10.1 Å². The van der Waals surface area contributed by atoms with Crippen molar-refractivity contribution in [3.8, 4) is 34.3 Å². The van der Waals surface area contributed by atoms with Gasteiger partial charge in [-0.15, -0.1) is 11.3 Å². The Bertz CT molecular complexity index is 1130. The van der Waals surface area contributed by atoms with Crippen LogP contribution in [-0.2, 0) is 9.53 Å². The van der Waals surface area contributed by atoms with Gasteiger partial charge in [0.15, 0.2) is 34.7 Å². The van der Waals surface area contributed by atoms with Crippen LogP contribution in [0.5, 0.6) is 23.0 Å². The third-order valence-electron chi connectivity index (χ3n) is 4.37. The lowest BCUT2D eigenvalue weighted by Crippen LogP contribution is -2.20. The Morgan fingerprint density at radius 1 is 1.06 bits per heavy atom. The average Bonchev–Trinajstić information content (AvgIpc) is 3.45.